The van der Waals surface area contributed by atoms with Gasteiger partial charge in [-0.3, -0.25) is 19.2 Å². The molecule has 0 atom stereocenters. The molecule has 4 amide bonds. The summed E-state index contributed by atoms with van der Waals surface area (Å²) in [6, 6.07) is 66.5. The van der Waals surface area contributed by atoms with Crippen LogP contribution in [0.3, 0.4) is 0 Å². The van der Waals surface area contributed by atoms with Crippen molar-refractivity contribution in [3.05, 3.63) is 229 Å². The second-order valence-electron chi connectivity index (χ2n) is 14.6. The summed E-state index contributed by atoms with van der Waals surface area (Å²) in [5.74, 6) is -1.43. The lowest BCUT2D eigenvalue weighted by Crippen LogP contribution is -2.28. The van der Waals surface area contributed by atoms with Crippen LogP contribution in [-0.4, -0.2) is 37.7 Å². The largest absolute Gasteiger partial charge is 0.355 e. The van der Waals surface area contributed by atoms with Crippen molar-refractivity contribution >= 4 is 82.7 Å². The number of carbonyl (C=O) groups excluding carboxylic acids is 4. The lowest BCUT2D eigenvalue weighted by atomic mass is 10.00. The van der Waals surface area contributed by atoms with E-state index in [9.17, 15) is 19.2 Å². The van der Waals surface area contributed by atoms with E-state index in [-0.39, 0.29) is 11.8 Å². The first-order valence-electron chi connectivity index (χ1n) is 20.7. The minimum atomic E-state index is -1.29. The van der Waals surface area contributed by atoms with Gasteiger partial charge in [-0.15, -0.1) is 0 Å². The summed E-state index contributed by atoms with van der Waals surface area (Å²) in [5.41, 5.74) is 3.84. The van der Waals surface area contributed by atoms with E-state index in [4.69, 9.17) is 0 Å². The van der Waals surface area contributed by atoms with Gasteiger partial charge in [0.15, 0.2) is 0 Å². The van der Waals surface area contributed by atoms with Crippen molar-refractivity contribution in [2.24, 2.45) is 0 Å². The summed E-state index contributed by atoms with van der Waals surface area (Å²) < 4.78 is 0. The zero-order chi connectivity index (χ0) is 44.4. The summed E-state index contributed by atoms with van der Waals surface area (Å²) in [5, 5.41) is 18.1. The standard InChI is InChI=1S/C54H44N4O4P2/c1-55-51(59)37-19-15-21-39(35-37)53(61)57-45-31-17-33-47(63(41-23-7-3-8-24-41)42-25-9-4-10-26-42)49(45)50-46(58-54(62)40-22-16-20-38(36-40)52(60)56-2)32-18-34-48(50)64(43-27-11-5-12-28-43)44-29-13-6-14-30-44/h3-36H,1-2H3,(H,55,59)(H,56,60)(H,57,61)(H,58,62). The molecule has 0 radical (unpaired) electrons. The fourth-order valence-electron chi connectivity index (χ4n) is 7.63. The fraction of sp³-hybridized carbons (Fsp3) is 0.0370. The summed E-state index contributed by atoms with van der Waals surface area (Å²) in [4.78, 5) is 54.6. The maximum absolute atomic E-state index is 14.6. The van der Waals surface area contributed by atoms with Gasteiger partial charge in [0.25, 0.3) is 23.6 Å². The van der Waals surface area contributed by atoms with Crippen molar-refractivity contribution in [3.8, 4) is 11.1 Å². The van der Waals surface area contributed by atoms with Crippen LogP contribution in [0.5, 0.6) is 0 Å². The molecule has 0 aliphatic rings. The van der Waals surface area contributed by atoms with E-state index < -0.39 is 27.7 Å². The van der Waals surface area contributed by atoms with Gasteiger partial charge in [0.1, 0.15) is 0 Å². The zero-order valence-electron chi connectivity index (χ0n) is 35.2. The Kier molecular flexibility index (Phi) is 13.6. The summed E-state index contributed by atoms with van der Waals surface area (Å²) in [6.07, 6.45) is 0. The molecule has 8 aromatic rings. The first kappa shape index (κ1) is 43.2. The quantitative estimate of drug-likeness (QED) is 0.0878. The molecule has 0 unspecified atom stereocenters. The second-order valence-corrected chi connectivity index (χ2v) is 19.0. The van der Waals surface area contributed by atoms with Crippen molar-refractivity contribution in [1.29, 1.82) is 0 Å². The molecule has 8 aromatic carbocycles. The van der Waals surface area contributed by atoms with Gasteiger partial charge in [0, 0.05) is 58.9 Å². The van der Waals surface area contributed by atoms with Gasteiger partial charge < -0.3 is 21.3 Å². The molecule has 10 heteroatoms. The maximum Gasteiger partial charge on any atom is 0.255 e. The Morgan fingerprint density at radius 3 is 0.906 bits per heavy atom. The normalized spacial score (nSPS) is 10.9. The van der Waals surface area contributed by atoms with Crippen molar-refractivity contribution < 1.29 is 19.2 Å². The Labute approximate surface area is 375 Å². The molecule has 0 spiro atoms. The third-order valence-corrected chi connectivity index (χ3v) is 15.6. The number of anilines is 2. The van der Waals surface area contributed by atoms with Crippen molar-refractivity contribution in [1.82, 2.24) is 10.6 Å². The lowest BCUT2D eigenvalue weighted by Gasteiger charge is -2.29. The van der Waals surface area contributed by atoms with Crippen LogP contribution in [0, 0.1) is 0 Å². The molecule has 0 aliphatic heterocycles. The molecule has 0 saturated heterocycles. The molecule has 4 N–H and O–H groups in total. The zero-order valence-corrected chi connectivity index (χ0v) is 36.9. The topological polar surface area (TPSA) is 116 Å². The molecule has 8 rings (SSSR count). The number of benzene rings is 8. The minimum Gasteiger partial charge on any atom is -0.355 e. The van der Waals surface area contributed by atoms with Gasteiger partial charge >= 0.3 is 0 Å². The Hall–Kier alpha value is -7.50. The molecule has 0 fully saturated rings. The second kappa shape index (κ2) is 20.1. The van der Waals surface area contributed by atoms with Gasteiger partial charge in [-0.25, -0.2) is 0 Å². The summed E-state index contributed by atoms with van der Waals surface area (Å²) in [6.45, 7) is 0. The molecule has 0 saturated carbocycles. The first-order valence-corrected chi connectivity index (χ1v) is 23.4. The van der Waals surface area contributed by atoms with Crippen LogP contribution in [-0.2, 0) is 0 Å². The van der Waals surface area contributed by atoms with E-state index in [0.717, 1.165) is 43.0 Å². The van der Waals surface area contributed by atoms with Gasteiger partial charge in [-0.05, 0) is 96.2 Å². The smallest absolute Gasteiger partial charge is 0.255 e. The predicted octanol–water partition coefficient (Wildman–Crippen LogP) is 8.09. The van der Waals surface area contributed by atoms with E-state index in [2.05, 4.69) is 81.9 Å². The van der Waals surface area contributed by atoms with Crippen LogP contribution in [0.2, 0.25) is 0 Å². The van der Waals surface area contributed by atoms with Crippen LogP contribution in [0.1, 0.15) is 41.4 Å². The number of hydrogen-bond donors (Lipinski definition) is 4. The average molecular weight is 875 g/mol. The molecule has 8 nitrogen and oxygen atoms in total. The van der Waals surface area contributed by atoms with E-state index >= 15 is 0 Å². The molecule has 0 bridgehead atoms. The fourth-order valence-corrected chi connectivity index (χ4v) is 12.6. The molecule has 0 aromatic heterocycles. The van der Waals surface area contributed by atoms with E-state index in [1.54, 1.807) is 62.6 Å². The summed E-state index contributed by atoms with van der Waals surface area (Å²) in [7, 11) is 0.532. The van der Waals surface area contributed by atoms with Gasteiger partial charge in [-0.1, -0.05) is 158 Å². The number of carbonyl (C=O) groups is 4. The van der Waals surface area contributed by atoms with E-state index in [0.29, 0.717) is 33.6 Å². The van der Waals surface area contributed by atoms with Gasteiger partial charge in [-0.2, -0.15) is 0 Å². The lowest BCUT2D eigenvalue weighted by molar-refractivity contribution is 0.0954. The minimum absolute atomic E-state index is 0.305. The van der Waals surface area contributed by atoms with Crippen LogP contribution in [0.25, 0.3) is 11.1 Å². The molecular formula is C54H44N4O4P2. The van der Waals surface area contributed by atoms with Crippen molar-refractivity contribution in [3.63, 3.8) is 0 Å². The SMILES string of the molecule is CNC(=O)c1cccc(C(=O)Nc2cccc(P(c3ccccc3)c3ccccc3)c2-c2c(NC(=O)c3cccc(C(=O)NC)c3)cccc2P(c2ccccc2)c2ccccc2)c1. The van der Waals surface area contributed by atoms with Gasteiger partial charge in [0.2, 0.25) is 0 Å². The number of amides is 4. The Morgan fingerprint density at radius 2 is 0.609 bits per heavy atom. The third-order valence-electron chi connectivity index (χ3n) is 10.6. The van der Waals surface area contributed by atoms with Crippen LogP contribution in [0.15, 0.2) is 206 Å². The highest BCUT2D eigenvalue weighted by atomic mass is 31.1. The van der Waals surface area contributed by atoms with Crippen molar-refractivity contribution in [2.45, 2.75) is 0 Å². The third kappa shape index (κ3) is 9.45. The molecule has 0 aliphatic carbocycles. The highest BCUT2D eigenvalue weighted by Gasteiger charge is 2.30. The van der Waals surface area contributed by atoms with Crippen LogP contribution in [0.4, 0.5) is 11.4 Å². The van der Waals surface area contributed by atoms with Gasteiger partial charge in [0.05, 0.1) is 0 Å². The molecule has 64 heavy (non-hydrogen) atoms. The Bertz CT molecular complexity index is 2670. The average Bonchev–Trinajstić information content (AvgIpc) is 3.35. The Balaban J connectivity index is 1.44. The van der Waals surface area contributed by atoms with Crippen LogP contribution >= 0.6 is 15.8 Å². The summed E-state index contributed by atoms with van der Waals surface area (Å²) >= 11 is 0. The predicted molar refractivity (Wildman–Crippen MR) is 265 cm³/mol. The molecule has 314 valence electrons. The molecule has 0 heterocycles. The highest BCUT2D eigenvalue weighted by molar-refractivity contribution is 7.80. The first-order chi connectivity index (χ1) is 31.3. The number of nitrogens with one attached hydrogen (secondary N) is 4. The number of rotatable bonds is 13. The number of hydrogen-bond acceptors (Lipinski definition) is 4. The van der Waals surface area contributed by atoms with Crippen LogP contribution < -0.4 is 53.1 Å². The van der Waals surface area contributed by atoms with E-state index in [1.165, 1.54) is 0 Å². The highest BCUT2D eigenvalue weighted by Crippen LogP contribution is 2.46. The monoisotopic (exact) mass is 874 g/mol. The van der Waals surface area contributed by atoms with E-state index in [1.807, 2.05) is 97.1 Å². The maximum atomic E-state index is 14.6. The van der Waals surface area contributed by atoms with Crippen molar-refractivity contribution in [2.75, 3.05) is 24.7 Å². The Morgan fingerprint density at radius 1 is 0.328 bits per heavy atom. The molecular weight excluding hydrogens is 831 g/mol.